The molecule has 0 heterocycles. The van der Waals surface area contributed by atoms with Crippen LogP contribution in [0.15, 0.2) is 24.3 Å². The number of ether oxygens (including phenoxy) is 1. The average molecular weight is 1070 g/mol. The van der Waals surface area contributed by atoms with Gasteiger partial charge in [0.15, 0.2) is 0 Å². The number of rotatable bonds is 65. The minimum Gasteiger partial charge on any atom is -0.466 e. The Kier molecular flexibility index (Phi) is 64.4. The van der Waals surface area contributed by atoms with Gasteiger partial charge in [-0.15, -0.1) is 0 Å². The summed E-state index contributed by atoms with van der Waals surface area (Å²) in [6.45, 7) is 4.92. The maximum atomic E-state index is 12.4. The third kappa shape index (κ3) is 61.6. The second-order valence-electron chi connectivity index (χ2n) is 23.9. The first-order chi connectivity index (χ1) is 37.5. The van der Waals surface area contributed by atoms with Gasteiger partial charge in [-0.3, -0.25) is 9.59 Å². The third-order valence-electron chi connectivity index (χ3n) is 16.2. The van der Waals surface area contributed by atoms with Gasteiger partial charge < -0.3 is 20.3 Å². The summed E-state index contributed by atoms with van der Waals surface area (Å²) in [5.41, 5.74) is 0. The van der Waals surface area contributed by atoms with Crippen molar-refractivity contribution in [1.29, 1.82) is 0 Å². The van der Waals surface area contributed by atoms with Gasteiger partial charge in [0.2, 0.25) is 5.91 Å². The second kappa shape index (κ2) is 65.9. The number of hydrogen-bond donors (Lipinski definition) is 3. The SMILES string of the molecule is CCCCCCCCCCC/C=C/C(O)C(CO)NC(=O)CCCCCCCCCCCCCCCCCC/C=C\CCCCCCCCCCCCCCOC(=O)CCCCCCCCCCCCCCCCCC. The highest BCUT2D eigenvalue weighted by molar-refractivity contribution is 5.76. The first-order valence-electron chi connectivity index (χ1n) is 34.6. The summed E-state index contributed by atoms with van der Waals surface area (Å²) in [5, 5.41) is 23.0. The fourth-order valence-corrected chi connectivity index (χ4v) is 10.9. The van der Waals surface area contributed by atoms with Crippen LogP contribution in [0.3, 0.4) is 0 Å². The number of aliphatic hydroxyl groups excluding tert-OH is 2. The zero-order valence-corrected chi connectivity index (χ0v) is 51.5. The van der Waals surface area contributed by atoms with Gasteiger partial charge in [0.25, 0.3) is 0 Å². The van der Waals surface area contributed by atoms with Crippen molar-refractivity contribution < 1.29 is 24.5 Å². The number of carbonyl (C=O) groups is 2. The molecule has 2 unspecified atom stereocenters. The Labute approximate surface area is 475 Å². The van der Waals surface area contributed by atoms with Crippen molar-refractivity contribution in [1.82, 2.24) is 5.32 Å². The molecular weight excluding hydrogens is 935 g/mol. The van der Waals surface area contributed by atoms with Crippen LogP contribution in [0.1, 0.15) is 386 Å². The summed E-state index contributed by atoms with van der Waals surface area (Å²) in [5.74, 6) is -0.0432. The molecule has 6 heteroatoms. The smallest absolute Gasteiger partial charge is 0.305 e. The van der Waals surface area contributed by atoms with E-state index in [0.29, 0.717) is 19.4 Å². The monoisotopic (exact) mass is 1070 g/mol. The van der Waals surface area contributed by atoms with E-state index in [-0.39, 0.29) is 18.5 Å². The fraction of sp³-hybridized carbons (Fsp3) is 0.914. The van der Waals surface area contributed by atoms with Crippen LogP contribution >= 0.6 is 0 Å². The number of amides is 1. The summed E-state index contributed by atoms with van der Waals surface area (Å²) >= 11 is 0. The molecule has 0 aromatic carbocycles. The molecule has 0 rings (SSSR count). The molecule has 0 fully saturated rings. The lowest BCUT2D eigenvalue weighted by molar-refractivity contribution is -0.143. The van der Waals surface area contributed by atoms with Crippen molar-refractivity contribution in [2.45, 2.75) is 398 Å². The molecule has 0 radical (unpaired) electrons. The molecule has 1 amide bonds. The third-order valence-corrected chi connectivity index (χ3v) is 16.2. The normalized spacial score (nSPS) is 12.6. The molecule has 0 spiro atoms. The van der Waals surface area contributed by atoms with Crippen molar-refractivity contribution >= 4 is 11.9 Å². The van der Waals surface area contributed by atoms with E-state index in [1.165, 1.54) is 321 Å². The molecule has 76 heavy (non-hydrogen) atoms. The van der Waals surface area contributed by atoms with Crippen LogP contribution in [0.2, 0.25) is 0 Å². The van der Waals surface area contributed by atoms with Crippen molar-refractivity contribution in [3.63, 3.8) is 0 Å². The average Bonchev–Trinajstić information content (AvgIpc) is 3.42. The second-order valence-corrected chi connectivity index (χ2v) is 23.9. The predicted octanol–water partition coefficient (Wildman–Crippen LogP) is 22.1. The van der Waals surface area contributed by atoms with E-state index in [0.717, 1.165) is 38.5 Å². The lowest BCUT2D eigenvalue weighted by atomic mass is 10.0. The molecule has 0 saturated heterocycles. The largest absolute Gasteiger partial charge is 0.466 e. The van der Waals surface area contributed by atoms with E-state index >= 15 is 0 Å². The van der Waals surface area contributed by atoms with Crippen molar-refractivity contribution in [3.05, 3.63) is 24.3 Å². The number of aliphatic hydroxyl groups is 2. The number of carbonyl (C=O) groups excluding carboxylic acids is 2. The molecule has 0 aromatic rings. The van der Waals surface area contributed by atoms with Crippen molar-refractivity contribution in [3.8, 4) is 0 Å². The van der Waals surface area contributed by atoms with Crippen molar-refractivity contribution in [2.24, 2.45) is 0 Å². The maximum absolute atomic E-state index is 12.4. The van der Waals surface area contributed by atoms with Crippen molar-refractivity contribution in [2.75, 3.05) is 13.2 Å². The standard InChI is InChI=1S/C70H135NO5/c1-3-5-7-9-11-13-15-16-17-37-40-44-48-52-56-60-64-70(75)76-65-61-57-53-49-45-41-38-35-33-31-29-27-25-23-21-19-18-20-22-24-26-28-30-32-34-36-39-43-47-51-55-59-63-69(74)71-67(66-72)68(73)62-58-54-50-46-42-14-12-10-8-6-4-2/h21,23,58,62,67-68,72-73H,3-20,22,24-57,59-61,63-66H2,1-2H3,(H,71,74)/b23-21-,62-58+. The van der Waals surface area contributed by atoms with E-state index in [9.17, 15) is 19.8 Å². The maximum Gasteiger partial charge on any atom is 0.305 e. The van der Waals surface area contributed by atoms with Crippen LogP contribution in [0.4, 0.5) is 0 Å². The lowest BCUT2D eigenvalue weighted by Gasteiger charge is -2.20. The van der Waals surface area contributed by atoms with Crippen LogP contribution < -0.4 is 5.32 Å². The molecule has 0 aromatic heterocycles. The van der Waals surface area contributed by atoms with Gasteiger partial charge in [0.1, 0.15) is 0 Å². The minimum absolute atomic E-state index is 0.0219. The van der Waals surface area contributed by atoms with Gasteiger partial charge in [-0.2, -0.15) is 0 Å². The predicted molar refractivity (Wildman–Crippen MR) is 333 cm³/mol. The molecule has 0 aliphatic heterocycles. The van der Waals surface area contributed by atoms with Crippen LogP contribution in [0.5, 0.6) is 0 Å². The molecular formula is C70H135NO5. The van der Waals surface area contributed by atoms with Gasteiger partial charge in [-0.25, -0.2) is 0 Å². The highest BCUT2D eigenvalue weighted by Crippen LogP contribution is 2.18. The zero-order chi connectivity index (χ0) is 55.0. The summed E-state index contributed by atoms with van der Waals surface area (Å²) in [6, 6.07) is -0.624. The molecule has 0 saturated carbocycles. The minimum atomic E-state index is -0.841. The van der Waals surface area contributed by atoms with Gasteiger partial charge in [-0.05, 0) is 57.8 Å². The summed E-state index contributed by atoms with van der Waals surface area (Å²) < 4.78 is 5.50. The van der Waals surface area contributed by atoms with E-state index in [1.807, 2.05) is 6.08 Å². The highest BCUT2D eigenvalue weighted by atomic mass is 16.5. The Morgan fingerprint density at radius 1 is 0.355 bits per heavy atom. The molecule has 0 aliphatic carbocycles. The van der Waals surface area contributed by atoms with Gasteiger partial charge >= 0.3 is 5.97 Å². The lowest BCUT2D eigenvalue weighted by Crippen LogP contribution is -2.45. The number of unbranched alkanes of at least 4 members (excludes halogenated alkanes) is 52. The number of esters is 1. The van der Waals surface area contributed by atoms with E-state index in [2.05, 4.69) is 31.3 Å². The fourth-order valence-electron chi connectivity index (χ4n) is 10.9. The summed E-state index contributed by atoms with van der Waals surface area (Å²) in [4.78, 5) is 24.5. The Bertz CT molecular complexity index is 1190. The number of hydrogen-bond acceptors (Lipinski definition) is 5. The molecule has 2 atom stereocenters. The van der Waals surface area contributed by atoms with Gasteiger partial charge in [0.05, 0.1) is 25.4 Å². The van der Waals surface area contributed by atoms with E-state index < -0.39 is 12.1 Å². The Morgan fingerprint density at radius 3 is 0.934 bits per heavy atom. The van der Waals surface area contributed by atoms with Gasteiger partial charge in [-0.1, -0.05) is 340 Å². The van der Waals surface area contributed by atoms with E-state index in [4.69, 9.17) is 4.74 Å². The summed E-state index contributed by atoms with van der Waals surface area (Å²) in [6.07, 6.45) is 82.7. The highest BCUT2D eigenvalue weighted by Gasteiger charge is 2.18. The quantitative estimate of drug-likeness (QED) is 0.0320. The van der Waals surface area contributed by atoms with Crippen LogP contribution in [0, 0.1) is 0 Å². The van der Waals surface area contributed by atoms with E-state index in [1.54, 1.807) is 6.08 Å². The first kappa shape index (κ1) is 74.3. The topological polar surface area (TPSA) is 95.9 Å². The Hall–Kier alpha value is -1.66. The van der Waals surface area contributed by atoms with Gasteiger partial charge in [0, 0.05) is 12.8 Å². The van der Waals surface area contributed by atoms with Crippen LogP contribution in [0.25, 0.3) is 0 Å². The number of allylic oxidation sites excluding steroid dienone is 3. The zero-order valence-electron chi connectivity index (χ0n) is 51.5. The molecule has 450 valence electrons. The summed E-state index contributed by atoms with van der Waals surface area (Å²) in [7, 11) is 0. The molecule has 0 aliphatic rings. The Morgan fingerprint density at radius 2 is 0.618 bits per heavy atom. The van der Waals surface area contributed by atoms with Crippen LogP contribution in [-0.2, 0) is 14.3 Å². The Balaban J connectivity index is 3.33. The molecule has 6 nitrogen and oxygen atoms in total. The molecule has 0 bridgehead atoms. The number of nitrogens with one attached hydrogen (secondary N) is 1. The first-order valence-corrected chi connectivity index (χ1v) is 34.6. The van der Waals surface area contributed by atoms with Crippen LogP contribution in [-0.4, -0.2) is 47.4 Å². The molecule has 3 N–H and O–H groups in total.